The average molecular weight is 371 g/mol. The van der Waals surface area contributed by atoms with Gasteiger partial charge in [-0.25, -0.2) is 0 Å². The van der Waals surface area contributed by atoms with Crippen molar-refractivity contribution < 1.29 is 32.6 Å². The van der Waals surface area contributed by atoms with Crippen molar-refractivity contribution >= 4 is 17.5 Å². The third-order valence-electron chi connectivity index (χ3n) is 3.33. The van der Waals surface area contributed by atoms with Crippen molar-refractivity contribution in [1.82, 2.24) is 9.88 Å². The van der Waals surface area contributed by atoms with Gasteiger partial charge in [0.15, 0.2) is 0 Å². The summed E-state index contributed by atoms with van der Waals surface area (Å²) < 4.78 is 41.6. The number of hydrogen-bond acceptors (Lipinski definition) is 4. The van der Waals surface area contributed by atoms with Crippen LogP contribution in [0, 0.1) is 0 Å². The summed E-state index contributed by atoms with van der Waals surface area (Å²) in [5, 5.41) is 14.5. The smallest absolute Gasteiger partial charge is 0.406 e. The van der Waals surface area contributed by atoms with E-state index in [1.54, 1.807) is 29.9 Å². The van der Waals surface area contributed by atoms with E-state index < -0.39 is 30.0 Å². The van der Waals surface area contributed by atoms with Gasteiger partial charge < -0.3 is 25.0 Å². The Labute approximate surface area is 146 Å². The number of rotatable bonds is 5. The summed E-state index contributed by atoms with van der Waals surface area (Å²) in [6, 6.07) is 7.71. The molecule has 1 aromatic heterocycles. The summed E-state index contributed by atoms with van der Waals surface area (Å²) in [6.45, 7) is -0.178. The van der Waals surface area contributed by atoms with E-state index in [-0.39, 0.29) is 12.2 Å². The maximum Gasteiger partial charge on any atom is 0.573 e. The lowest BCUT2D eigenvalue weighted by Gasteiger charge is -2.13. The summed E-state index contributed by atoms with van der Waals surface area (Å²) in [5.74, 6) is -2.46. The molecule has 0 aliphatic rings. The molecule has 10 heteroatoms. The van der Waals surface area contributed by atoms with Gasteiger partial charge in [-0.05, 0) is 36.4 Å². The number of benzene rings is 1. The molecule has 1 atom stereocenters. The largest absolute Gasteiger partial charge is 0.573 e. The quantitative estimate of drug-likeness (QED) is 0.698. The molecule has 2 rings (SSSR count). The van der Waals surface area contributed by atoms with E-state index in [9.17, 15) is 27.9 Å². The predicted molar refractivity (Wildman–Crippen MR) is 85.1 cm³/mol. The highest BCUT2D eigenvalue weighted by atomic mass is 19.4. The summed E-state index contributed by atoms with van der Waals surface area (Å²) in [7, 11) is 1.72. The molecule has 0 bridgehead atoms. The maximum absolute atomic E-state index is 12.1. The topological polar surface area (TPSA) is 92.6 Å². The van der Waals surface area contributed by atoms with Crippen molar-refractivity contribution in [2.24, 2.45) is 7.05 Å². The Morgan fingerprint density at radius 2 is 1.85 bits per heavy atom. The van der Waals surface area contributed by atoms with E-state index >= 15 is 0 Å². The second-order valence-electron chi connectivity index (χ2n) is 5.30. The molecule has 26 heavy (non-hydrogen) atoms. The fraction of sp³-hybridized carbons (Fsp3) is 0.250. The molecule has 2 amide bonds. The van der Waals surface area contributed by atoms with Gasteiger partial charge in [0.05, 0.1) is 0 Å². The summed E-state index contributed by atoms with van der Waals surface area (Å²) in [4.78, 5) is 23.5. The van der Waals surface area contributed by atoms with Crippen LogP contribution >= 0.6 is 0 Å². The van der Waals surface area contributed by atoms with Gasteiger partial charge >= 0.3 is 18.2 Å². The maximum atomic E-state index is 12.1. The molecule has 0 radical (unpaired) electrons. The lowest BCUT2D eigenvalue weighted by Crippen LogP contribution is -2.37. The van der Waals surface area contributed by atoms with Crippen LogP contribution in [-0.4, -0.2) is 34.4 Å². The Bertz CT molecular complexity index is 772. The molecule has 0 fully saturated rings. The van der Waals surface area contributed by atoms with Crippen LogP contribution < -0.4 is 15.4 Å². The average Bonchev–Trinajstić information content (AvgIpc) is 2.99. The molecule has 7 nitrogen and oxygen atoms in total. The van der Waals surface area contributed by atoms with Gasteiger partial charge in [-0.2, -0.15) is 0 Å². The molecule has 0 aliphatic heterocycles. The molecule has 0 aliphatic carbocycles. The van der Waals surface area contributed by atoms with E-state index in [0.29, 0.717) is 5.69 Å². The number of aliphatic hydroxyl groups excluding tert-OH is 1. The number of aryl methyl sites for hydroxylation is 1. The summed E-state index contributed by atoms with van der Waals surface area (Å²) >= 11 is 0. The normalized spacial score (nSPS) is 12.3. The SMILES string of the molecule is Cn1cccc1[C@H](O)CNC(=O)C(=O)Nc1ccc(OC(F)(F)F)cc1. The Morgan fingerprint density at radius 1 is 1.19 bits per heavy atom. The van der Waals surface area contributed by atoms with E-state index in [1.807, 2.05) is 0 Å². The number of carbonyl (C=O) groups excluding carboxylic acids is 2. The molecule has 2 aromatic rings. The van der Waals surface area contributed by atoms with Gasteiger partial charge in [0.25, 0.3) is 0 Å². The molecular formula is C16H16F3N3O4. The van der Waals surface area contributed by atoms with E-state index in [4.69, 9.17) is 0 Å². The van der Waals surface area contributed by atoms with Gasteiger partial charge in [0.1, 0.15) is 11.9 Å². The first-order valence-electron chi connectivity index (χ1n) is 7.40. The highest BCUT2D eigenvalue weighted by Crippen LogP contribution is 2.23. The Morgan fingerprint density at radius 3 is 2.38 bits per heavy atom. The lowest BCUT2D eigenvalue weighted by atomic mass is 10.2. The number of halogens is 3. The van der Waals surface area contributed by atoms with Gasteiger partial charge in [0.2, 0.25) is 0 Å². The number of nitrogens with zero attached hydrogens (tertiary/aromatic N) is 1. The van der Waals surface area contributed by atoms with Crippen LogP contribution in [0.25, 0.3) is 0 Å². The zero-order valence-corrected chi connectivity index (χ0v) is 13.6. The zero-order chi connectivity index (χ0) is 19.3. The summed E-state index contributed by atoms with van der Waals surface area (Å²) in [5.41, 5.74) is 0.675. The monoisotopic (exact) mass is 371 g/mol. The van der Waals surface area contributed by atoms with E-state index in [2.05, 4.69) is 15.4 Å². The van der Waals surface area contributed by atoms with Crippen molar-refractivity contribution in [1.29, 1.82) is 0 Å². The minimum Gasteiger partial charge on any atom is -0.406 e. The summed E-state index contributed by atoms with van der Waals surface area (Å²) in [6.07, 6.45) is -4.09. The molecule has 1 heterocycles. The number of ether oxygens (including phenoxy) is 1. The Hall–Kier alpha value is -3.01. The minimum absolute atomic E-state index is 0.114. The van der Waals surface area contributed by atoms with Gasteiger partial charge in [-0.3, -0.25) is 9.59 Å². The first kappa shape index (κ1) is 19.3. The first-order valence-corrected chi connectivity index (χ1v) is 7.40. The van der Waals surface area contributed by atoms with Gasteiger partial charge in [0, 0.05) is 31.2 Å². The number of anilines is 1. The van der Waals surface area contributed by atoms with Crippen LogP contribution in [0.2, 0.25) is 0 Å². The number of nitrogens with one attached hydrogen (secondary N) is 2. The van der Waals surface area contributed by atoms with Crippen molar-refractivity contribution in [2.45, 2.75) is 12.5 Å². The molecule has 1 aromatic carbocycles. The molecule has 0 saturated carbocycles. The van der Waals surface area contributed by atoms with Crippen molar-refractivity contribution in [3.05, 3.63) is 48.3 Å². The molecular weight excluding hydrogens is 355 g/mol. The van der Waals surface area contributed by atoms with Gasteiger partial charge in [-0.15, -0.1) is 13.2 Å². The molecule has 0 spiro atoms. The highest BCUT2D eigenvalue weighted by Gasteiger charge is 2.31. The minimum atomic E-state index is -4.82. The number of aliphatic hydroxyl groups is 1. The second-order valence-corrected chi connectivity index (χ2v) is 5.30. The second kappa shape index (κ2) is 7.91. The van der Waals surface area contributed by atoms with Crippen LogP contribution in [0.3, 0.4) is 0 Å². The first-order chi connectivity index (χ1) is 12.2. The van der Waals surface area contributed by atoms with Gasteiger partial charge in [-0.1, -0.05) is 0 Å². The molecule has 0 saturated heterocycles. The molecule has 0 unspecified atom stereocenters. The Balaban J connectivity index is 1.85. The standard InChI is InChI=1S/C16H16F3N3O4/c1-22-8-2-3-12(22)13(23)9-20-14(24)15(25)21-10-4-6-11(7-5-10)26-16(17,18)19/h2-8,13,23H,9H2,1H3,(H,20,24)(H,21,25)/t13-/m1/s1. The van der Waals surface area contributed by atoms with Crippen LogP contribution in [-0.2, 0) is 16.6 Å². The number of hydrogen-bond donors (Lipinski definition) is 3. The third-order valence-corrected chi connectivity index (χ3v) is 3.33. The van der Waals surface area contributed by atoms with Crippen molar-refractivity contribution in [3.8, 4) is 5.75 Å². The molecule has 3 N–H and O–H groups in total. The molecule has 140 valence electrons. The van der Waals surface area contributed by atoms with Crippen LogP contribution in [0.1, 0.15) is 11.8 Å². The predicted octanol–water partition coefficient (Wildman–Crippen LogP) is 1.71. The van der Waals surface area contributed by atoms with E-state index in [0.717, 1.165) is 24.3 Å². The fourth-order valence-corrected chi connectivity index (χ4v) is 2.12. The van der Waals surface area contributed by atoms with E-state index in [1.165, 1.54) is 0 Å². The highest BCUT2D eigenvalue weighted by molar-refractivity contribution is 6.39. The number of aromatic nitrogens is 1. The number of amides is 2. The van der Waals surface area contributed by atoms with Crippen LogP contribution in [0.5, 0.6) is 5.75 Å². The fourth-order valence-electron chi connectivity index (χ4n) is 2.12. The van der Waals surface area contributed by atoms with Crippen molar-refractivity contribution in [3.63, 3.8) is 0 Å². The van der Waals surface area contributed by atoms with Crippen molar-refractivity contribution in [2.75, 3.05) is 11.9 Å². The Kier molecular flexibility index (Phi) is 5.88. The third kappa shape index (κ3) is 5.52. The number of alkyl halides is 3. The lowest BCUT2D eigenvalue weighted by molar-refractivity contribution is -0.274. The number of carbonyl (C=O) groups is 2. The zero-order valence-electron chi connectivity index (χ0n) is 13.6. The van der Waals surface area contributed by atoms with Crippen LogP contribution in [0.15, 0.2) is 42.6 Å². The van der Waals surface area contributed by atoms with Crippen LogP contribution in [0.4, 0.5) is 18.9 Å².